The van der Waals surface area contributed by atoms with Crippen LogP contribution >= 0.6 is 23.2 Å². The smallest absolute Gasteiger partial charge is 0.255 e. The van der Waals surface area contributed by atoms with Crippen LogP contribution in [0, 0.1) is 0 Å². The van der Waals surface area contributed by atoms with E-state index in [0.717, 1.165) is 0 Å². The van der Waals surface area contributed by atoms with E-state index >= 15 is 0 Å². The number of amides is 1. The fraction of sp³-hybridized carbons (Fsp3) is 0.0769. The Morgan fingerprint density at radius 1 is 1.29 bits per heavy atom. The second-order valence-corrected chi connectivity index (χ2v) is 4.81. The Bertz CT molecular complexity index is 679. The molecule has 1 amide bonds. The fourth-order valence-electron chi connectivity index (χ4n) is 1.65. The maximum atomic E-state index is 12.2. The maximum absolute atomic E-state index is 12.2. The van der Waals surface area contributed by atoms with E-state index in [1.165, 1.54) is 19.2 Å². The highest BCUT2D eigenvalue weighted by atomic mass is 35.5. The second-order valence-electron chi connectivity index (χ2n) is 4.01. The van der Waals surface area contributed by atoms with E-state index in [0.29, 0.717) is 27.8 Å². The standard InChI is InChI=1S/C13H12Cl2N4O2/c1-21-10-3-2-8(6-9(10)14)17-13(20)7-4-11(15)18-12(5-7)19-16/h2-6H,16H2,1H3,(H,17,20)(H,18,19). The van der Waals surface area contributed by atoms with Gasteiger partial charge in [0.25, 0.3) is 5.91 Å². The van der Waals surface area contributed by atoms with Gasteiger partial charge in [0.1, 0.15) is 16.7 Å². The molecule has 0 saturated heterocycles. The fourth-order valence-corrected chi connectivity index (χ4v) is 2.12. The average molecular weight is 327 g/mol. The summed E-state index contributed by atoms with van der Waals surface area (Å²) < 4.78 is 5.04. The van der Waals surface area contributed by atoms with Crippen molar-refractivity contribution in [3.05, 3.63) is 46.1 Å². The predicted molar refractivity (Wildman–Crippen MR) is 83.0 cm³/mol. The molecule has 1 aromatic carbocycles. The zero-order valence-corrected chi connectivity index (χ0v) is 12.5. The Labute approximate surface area is 131 Å². The van der Waals surface area contributed by atoms with E-state index in [2.05, 4.69) is 15.7 Å². The zero-order chi connectivity index (χ0) is 15.4. The minimum absolute atomic E-state index is 0.156. The normalized spacial score (nSPS) is 10.1. The van der Waals surface area contributed by atoms with Gasteiger partial charge in [-0.25, -0.2) is 10.8 Å². The minimum atomic E-state index is -0.364. The summed E-state index contributed by atoms with van der Waals surface area (Å²) in [4.78, 5) is 16.0. The van der Waals surface area contributed by atoms with E-state index in [9.17, 15) is 4.79 Å². The van der Waals surface area contributed by atoms with E-state index in [4.69, 9.17) is 33.8 Å². The lowest BCUT2D eigenvalue weighted by molar-refractivity contribution is 0.102. The first-order valence-electron chi connectivity index (χ1n) is 5.82. The van der Waals surface area contributed by atoms with E-state index < -0.39 is 0 Å². The van der Waals surface area contributed by atoms with Crippen molar-refractivity contribution < 1.29 is 9.53 Å². The van der Waals surface area contributed by atoms with Gasteiger partial charge in [-0.05, 0) is 30.3 Å². The topological polar surface area (TPSA) is 89.3 Å². The third-order valence-corrected chi connectivity index (χ3v) is 3.10. The predicted octanol–water partition coefficient (Wildman–Crippen LogP) is 2.93. The Morgan fingerprint density at radius 2 is 2.05 bits per heavy atom. The molecule has 0 radical (unpaired) electrons. The molecule has 110 valence electrons. The summed E-state index contributed by atoms with van der Waals surface area (Å²) in [6.07, 6.45) is 0. The first-order valence-corrected chi connectivity index (χ1v) is 6.58. The molecule has 6 nitrogen and oxygen atoms in total. The molecule has 0 aliphatic heterocycles. The van der Waals surface area contributed by atoms with Crippen molar-refractivity contribution in [2.75, 3.05) is 17.9 Å². The number of halogens is 2. The number of hydrazine groups is 1. The molecule has 21 heavy (non-hydrogen) atoms. The van der Waals surface area contributed by atoms with Crippen LogP contribution in [-0.4, -0.2) is 18.0 Å². The maximum Gasteiger partial charge on any atom is 0.255 e. The van der Waals surface area contributed by atoms with E-state index in [1.54, 1.807) is 18.2 Å². The number of hydrogen-bond donors (Lipinski definition) is 3. The van der Waals surface area contributed by atoms with Gasteiger partial charge in [0.05, 0.1) is 12.1 Å². The number of carbonyl (C=O) groups excluding carboxylic acids is 1. The molecule has 0 bridgehead atoms. The van der Waals surface area contributed by atoms with Gasteiger partial charge < -0.3 is 15.5 Å². The van der Waals surface area contributed by atoms with Gasteiger partial charge in [-0.2, -0.15) is 0 Å². The number of nitrogens with one attached hydrogen (secondary N) is 2. The Morgan fingerprint density at radius 3 is 2.67 bits per heavy atom. The van der Waals surface area contributed by atoms with Crippen molar-refractivity contribution in [2.45, 2.75) is 0 Å². The van der Waals surface area contributed by atoms with Crippen LogP contribution in [-0.2, 0) is 0 Å². The Kier molecular flexibility index (Phi) is 4.85. The van der Waals surface area contributed by atoms with Gasteiger partial charge in [-0.15, -0.1) is 0 Å². The summed E-state index contributed by atoms with van der Waals surface area (Å²) in [7, 11) is 1.51. The number of nitrogens with two attached hydrogens (primary N) is 1. The molecule has 8 heteroatoms. The number of aromatic nitrogens is 1. The molecule has 0 atom stereocenters. The van der Waals surface area contributed by atoms with Crippen molar-refractivity contribution >= 4 is 40.6 Å². The van der Waals surface area contributed by atoms with Crippen LogP contribution in [0.25, 0.3) is 0 Å². The molecule has 0 unspecified atom stereocenters. The summed E-state index contributed by atoms with van der Waals surface area (Å²) in [5.74, 6) is 5.71. The van der Waals surface area contributed by atoms with Gasteiger partial charge in [-0.3, -0.25) is 4.79 Å². The molecule has 0 aliphatic rings. The highest BCUT2D eigenvalue weighted by molar-refractivity contribution is 6.32. The lowest BCUT2D eigenvalue weighted by Gasteiger charge is -2.09. The van der Waals surface area contributed by atoms with Crippen LogP contribution in [0.4, 0.5) is 11.5 Å². The van der Waals surface area contributed by atoms with Crippen LogP contribution in [0.15, 0.2) is 30.3 Å². The Hall–Kier alpha value is -2.02. The monoisotopic (exact) mass is 326 g/mol. The molecular formula is C13H12Cl2N4O2. The molecule has 1 aromatic heterocycles. The number of ether oxygens (including phenoxy) is 1. The first kappa shape index (κ1) is 15.4. The van der Waals surface area contributed by atoms with E-state index in [1.807, 2.05) is 0 Å². The SMILES string of the molecule is COc1ccc(NC(=O)c2cc(Cl)nc(NN)c2)cc1Cl. The molecule has 0 spiro atoms. The number of nitrogens with zero attached hydrogens (tertiary/aromatic N) is 1. The van der Waals surface area contributed by atoms with E-state index in [-0.39, 0.29) is 11.1 Å². The minimum Gasteiger partial charge on any atom is -0.495 e. The van der Waals surface area contributed by atoms with Crippen molar-refractivity contribution in [2.24, 2.45) is 5.84 Å². The van der Waals surface area contributed by atoms with Gasteiger partial charge in [0.2, 0.25) is 0 Å². The molecule has 1 heterocycles. The summed E-state index contributed by atoms with van der Waals surface area (Å²) in [6.45, 7) is 0. The molecule has 0 saturated carbocycles. The number of benzene rings is 1. The quantitative estimate of drug-likeness (QED) is 0.456. The summed E-state index contributed by atoms with van der Waals surface area (Å²) >= 11 is 11.8. The van der Waals surface area contributed by atoms with Gasteiger partial charge >= 0.3 is 0 Å². The number of pyridine rings is 1. The summed E-state index contributed by atoms with van der Waals surface area (Å²) in [5.41, 5.74) is 3.18. The number of methoxy groups -OCH3 is 1. The van der Waals surface area contributed by atoms with Crippen LogP contribution in [0.2, 0.25) is 10.2 Å². The van der Waals surface area contributed by atoms with Crippen molar-refractivity contribution in [3.8, 4) is 5.75 Å². The Balaban J connectivity index is 2.21. The van der Waals surface area contributed by atoms with Crippen LogP contribution in [0.1, 0.15) is 10.4 Å². The zero-order valence-electron chi connectivity index (χ0n) is 11.0. The van der Waals surface area contributed by atoms with Crippen molar-refractivity contribution in [1.29, 1.82) is 0 Å². The summed E-state index contributed by atoms with van der Waals surface area (Å²) in [6, 6.07) is 7.83. The van der Waals surface area contributed by atoms with Gasteiger partial charge in [-0.1, -0.05) is 23.2 Å². The van der Waals surface area contributed by atoms with Gasteiger partial charge in [0, 0.05) is 11.3 Å². The molecule has 0 aliphatic carbocycles. The number of carbonyl (C=O) groups is 1. The molecular weight excluding hydrogens is 315 g/mol. The highest BCUT2D eigenvalue weighted by Crippen LogP contribution is 2.27. The van der Waals surface area contributed by atoms with Crippen LogP contribution < -0.4 is 21.3 Å². The highest BCUT2D eigenvalue weighted by Gasteiger charge is 2.10. The first-order chi connectivity index (χ1) is 10.0. The van der Waals surface area contributed by atoms with Crippen molar-refractivity contribution in [3.63, 3.8) is 0 Å². The lowest BCUT2D eigenvalue weighted by atomic mass is 10.2. The van der Waals surface area contributed by atoms with Gasteiger partial charge in [0.15, 0.2) is 0 Å². The van der Waals surface area contributed by atoms with Crippen molar-refractivity contribution in [1.82, 2.24) is 4.98 Å². The average Bonchev–Trinajstić information content (AvgIpc) is 2.46. The largest absolute Gasteiger partial charge is 0.495 e. The molecule has 2 aromatic rings. The second kappa shape index (κ2) is 6.62. The number of nitrogen functional groups attached to an aromatic ring is 1. The molecule has 2 rings (SSSR count). The summed E-state index contributed by atoms with van der Waals surface area (Å²) in [5, 5.41) is 3.25. The molecule has 0 fully saturated rings. The lowest BCUT2D eigenvalue weighted by Crippen LogP contribution is -2.14. The van der Waals surface area contributed by atoms with Crippen LogP contribution in [0.5, 0.6) is 5.75 Å². The van der Waals surface area contributed by atoms with Crippen LogP contribution in [0.3, 0.4) is 0 Å². The third kappa shape index (κ3) is 3.75. The number of rotatable bonds is 4. The number of anilines is 2. The molecule has 4 N–H and O–H groups in total. The number of hydrogen-bond acceptors (Lipinski definition) is 5. The third-order valence-electron chi connectivity index (χ3n) is 2.61.